The SMILES string of the molecule is COc1ccccc1COc1c(C)cc(N)cc1C. The fourth-order valence-electron chi connectivity index (χ4n) is 2.18. The third kappa shape index (κ3) is 2.99. The lowest BCUT2D eigenvalue weighted by Gasteiger charge is -2.14. The van der Waals surface area contributed by atoms with Crippen LogP contribution in [0.2, 0.25) is 0 Å². The Balaban J connectivity index is 2.19. The molecule has 0 heterocycles. The van der Waals surface area contributed by atoms with E-state index in [9.17, 15) is 0 Å². The highest BCUT2D eigenvalue weighted by molar-refractivity contribution is 5.52. The molecule has 2 N–H and O–H groups in total. The summed E-state index contributed by atoms with van der Waals surface area (Å²) in [6.45, 7) is 4.48. The van der Waals surface area contributed by atoms with Gasteiger partial charge in [-0.05, 0) is 43.2 Å². The monoisotopic (exact) mass is 257 g/mol. The molecule has 0 fully saturated rings. The van der Waals surface area contributed by atoms with E-state index in [0.717, 1.165) is 33.9 Å². The van der Waals surface area contributed by atoms with Gasteiger partial charge in [-0.2, -0.15) is 0 Å². The summed E-state index contributed by atoms with van der Waals surface area (Å²) >= 11 is 0. The van der Waals surface area contributed by atoms with Crippen LogP contribution in [0.15, 0.2) is 36.4 Å². The van der Waals surface area contributed by atoms with E-state index in [2.05, 4.69) is 0 Å². The first-order valence-electron chi connectivity index (χ1n) is 6.23. The third-order valence-electron chi connectivity index (χ3n) is 3.05. The minimum absolute atomic E-state index is 0.482. The highest BCUT2D eigenvalue weighted by atomic mass is 16.5. The summed E-state index contributed by atoms with van der Waals surface area (Å²) in [5.41, 5.74) is 9.69. The van der Waals surface area contributed by atoms with E-state index in [1.54, 1.807) is 7.11 Å². The Morgan fingerprint density at radius 1 is 1.05 bits per heavy atom. The van der Waals surface area contributed by atoms with Crippen LogP contribution in [0.5, 0.6) is 11.5 Å². The number of nitrogen functional groups attached to an aromatic ring is 1. The van der Waals surface area contributed by atoms with Crippen LogP contribution in [0.3, 0.4) is 0 Å². The standard InChI is InChI=1S/C16H19NO2/c1-11-8-14(17)9-12(2)16(11)19-10-13-6-4-5-7-15(13)18-3/h4-9H,10,17H2,1-3H3. The van der Waals surface area contributed by atoms with Gasteiger partial charge in [0.2, 0.25) is 0 Å². The minimum atomic E-state index is 0.482. The molecule has 19 heavy (non-hydrogen) atoms. The number of benzene rings is 2. The maximum absolute atomic E-state index is 5.92. The molecule has 0 aromatic heterocycles. The molecule has 0 aliphatic rings. The molecule has 0 saturated carbocycles. The van der Waals surface area contributed by atoms with Gasteiger partial charge < -0.3 is 15.2 Å². The van der Waals surface area contributed by atoms with Gasteiger partial charge in [0.05, 0.1) is 7.11 Å². The Hall–Kier alpha value is -2.16. The van der Waals surface area contributed by atoms with Crippen LogP contribution in [0.1, 0.15) is 16.7 Å². The number of hydrogen-bond acceptors (Lipinski definition) is 3. The molecule has 0 spiro atoms. The molecule has 2 aromatic carbocycles. The molecule has 0 saturated heterocycles. The van der Waals surface area contributed by atoms with Crippen molar-refractivity contribution in [1.82, 2.24) is 0 Å². The van der Waals surface area contributed by atoms with Crippen molar-refractivity contribution in [3.63, 3.8) is 0 Å². The Morgan fingerprint density at radius 3 is 2.32 bits per heavy atom. The van der Waals surface area contributed by atoms with Crippen LogP contribution in [0, 0.1) is 13.8 Å². The van der Waals surface area contributed by atoms with Crippen LogP contribution >= 0.6 is 0 Å². The van der Waals surface area contributed by atoms with Crippen LogP contribution in [-0.4, -0.2) is 7.11 Å². The Morgan fingerprint density at radius 2 is 1.68 bits per heavy atom. The maximum atomic E-state index is 5.92. The third-order valence-corrected chi connectivity index (χ3v) is 3.05. The molecular formula is C16H19NO2. The average molecular weight is 257 g/mol. The summed E-state index contributed by atoms with van der Waals surface area (Å²) in [4.78, 5) is 0. The molecule has 0 bridgehead atoms. The summed E-state index contributed by atoms with van der Waals surface area (Å²) in [5, 5.41) is 0. The number of methoxy groups -OCH3 is 1. The van der Waals surface area contributed by atoms with E-state index in [1.807, 2.05) is 50.2 Å². The first-order chi connectivity index (χ1) is 9.11. The molecule has 0 amide bonds. The minimum Gasteiger partial charge on any atom is -0.496 e. The van der Waals surface area contributed by atoms with Crippen molar-refractivity contribution < 1.29 is 9.47 Å². The van der Waals surface area contributed by atoms with Gasteiger partial charge >= 0.3 is 0 Å². The normalized spacial score (nSPS) is 10.3. The molecule has 0 atom stereocenters. The van der Waals surface area contributed by atoms with E-state index in [1.165, 1.54) is 0 Å². The zero-order valence-electron chi connectivity index (χ0n) is 11.6. The molecule has 3 nitrogen and oxygen atoms in total. The van der Waals surface area contributed by atoms with E-state index in [-0.39, 0.29) is 0 Å². The number of nitrogens with two attached hydrogens (primary N) is 1. The lowest BCUT2D eigenvalue weighted by atomic mass is 10.1. The van der Waals surface area contributed by atoms with Crippen molar-refractivity contribution in [3.8, 4) is 11.5 Å². The second kappa shape index (κ2) is 5.65. The number of anilines is 1. The predicted octanol–water partition coefficient (Wildman–Crippen LogP) is 3.47. The second-order valence-electron chi connectivity index (χ2n) is 4.58. The molecule has 3 heteroatoms. The molecule has 100 valence electrons. The highest BCUT2D eigenvalue weighted by Gasteiger charge is 2.07. The van der Waals surface area contributed by atoms with Gasteiger partial charge in [-0.3, -0.25) is 0 Å². The van der Waals surface area contributed by atoms with Gasteiger partial charge in [0.1, 0.15) is 18.1 Å². The largest absolute Gasteiger partial charge is 0.496 e. The van der Waals surface area contributed by atoms with Crippen LogP contribution in [0.4, 0.5) is 5.69 Å². The Bertz CT molecular complexity index is 556. The lowest BCUT2D eigenvalue weighted by Crippen LogP contribution is -2.01. The van der Waals surface area contributed by atoms with E-state index in [4.69, 9.17) is 15.2 Å². The first-order valence-corrected chi connectivity index (χ1v) is 6.23. The molecular weight excluding hydrogens is 238 g/mol. The van der Waals surface area contributed by atoms with Gasteiger partial charge in [0, 0.05) is 11.3 Å². The fraction of sp³-hybridized carbons (Fsp3) is 0.250. The van der Waals surface area contributed by atoms with Crippen molar-refractivity contribution >= 4 is 5.69 Å². The fourth-order valence-corrected chi connectivity index (χ4v) is 2.18. The van der Waals surface area contributed by atoms with Gasteiger partial charge in [-0.1, -0.05) is 18.2 Å². The number of rotatable bonds is 4. The smallest absolute Gasteiger partial charge is 0.125 e. The summed E-state index contributed by atoms with van der Waals surface area (Å²) in [7, 11) is 1.67. The topological polar surface area (TPSA) is 44.5 Å². The highest BCUT2D eigenvalue weighted by Crippen LogP contribution is 2.28. The maximum Gasteiger partial charge on any atom is 0.125 e. The van der Waals surface area contributed by atoms with Gasteiger partial charge in [0.15, 0.2) is 0 Å². The molecule has 0 unspecified atom stereocenters. The van der Waals surface area contributed by atoms with Crippen molar-refractivity contribution in [2.24, 2.45) is 0 Å². The zero-order valence-corrected chi connectivity index (χ0v) is 11.6. The average Bonchev–Trinajstić information content (AvgIpc) is 2.38. The van der Waals surface area contributed by atoms with Crippen molar-refractivity contribution in [1.29, 1.82) is 0 Å². The summed E-state index contributed by atoms with van der Waals surface area (Å²) < 4.78 is 11.2. The summed E-state index contributed by atoms with van der Waals surface area (Å²) in [5.74, 6) is 1.73. The molecule has 2 aromatic rings. The number of para-hydroxylation sites is 1. The van der Waals surface area contributed by atoms with E-state index >= 15 is 0 Å². The van der Waals surface area contributed by atoms with Gasteiger partial charge in [0.25, 0.3) is 0 Å². The van der Waals surface area contributed by atoms with Crippen LogP contribution in [0.25, 0.3) is 0 Å². The Kier molecular flexibility index (Phi) is 3.95. The second-order valence-corrected chi connectivity index (χ2v) is 4.58. The van der Waals surface area contributed by atoms with Gasteiger partial charge in [-0.15, -0.1) is 0 Å². The lowest BCUT2D eigenvalue weighted by molar-refractivity contribution is 0.293. The van der Waals surface area contributed by atoms with E-state index in [0.29, 0.717) is 6.61 Å². The summed E-state index contributed by atoms with van der Waals surface area (Å²) in [6, 6.07) is 11.7. The van der Waals surface area contributed by atoms with Crippen molar-refractivity contribution in [2.45, 2.75) is 20.5 Å². The number of ether oxygens (including phenoxy) is 2. The predicted molar refractivity (Wildman–Crippen MR) is 77.7 cm³/mol. The van der Waals surface area contributed by atoms with Crippen molar-refractivity contribution in [3.05, 3.63) is 53.1 Å². The quantitative estimate of drug-likeness (QED) is 0.853. The molecule has 0 aliphatic heterocycles. The number of hydrogen-bond donors (Lipinski definition) is 1. The van der Waals surface area contributed by atoms with Crippen molar-refractivity contribution in [2.75, 3.05) is 12.8 Å². The van der Waals surface area contributed by atoms with Crippen LogP contribution in [-0.2, 0) is 6.61 Å². The molecule has 2 rings (SSSR count). The van der Waals surface area contributed by atoms with Gasteiger partial charge in [-0.25, -0.2) is 0 Å². The first kappa shape index (κ1) is 13.3. The Labute approximate surface area is 114 Å². The number of aryl methyl sites for hydroxylation is 2. The molecule has 0 aliphatic carbocycles. The zero-order chi connectivity index (χ0) is 13.8. The van der Waals surface area contributed by atoms with E-state index < -0.39 is 0 Å². The summed E-state index contributed by atoms with van der Waals surface area (Å²) in [6.07, 6.45) is 0. The van der Waals surface area contributed by atoms with Crippen LogP contribution < -0.4 is 15.2 Å². The molecule has 0 radical (unpaired) electrons.